The predicted octanol–water partition coefficient (Wildman–Crippen LogP) is 4.72. The SMILES string of the molecule is FC(F)c1nc2ccccc2n1-c1nc(N2CCOCC2)nc(N2CCC(Nc3ccccc3Cl)CC2)n1. The fourth-order valence-corrected chi connectivity index (χ4v) is 5.10. The Hall–Kier alpha value is -3.57. The number of morpholine rings is 1. The number of halogens is 3. The first-order valence-corrected chi connectivity index (χ1v) is 13.1. The molecule has 0 bridgehead atoms. The number of piperidine rings is 1. The summed E-state index contributed by atoms with van der Waals surface area (Å²) in [5.74, 6) is 0.657. The van der Waals surface area contributed by atoms with Gasteiger partial charge in [-0.25, -0.2) is 13.8 Å². The molecule has 0 atom stereocenters. The quantitative estimate of drug-likeness (QED) is 0.376. The third kappa shape index (κ3) is 4.95. The maximum absolute atomic E-state index is 14.1. The van der Waals surface area contributed by atoms with E-state index in [4.69, 9.17) is 26.3 Å². The van der Waals surface area contributed by atoms with Crippen LogP contribution in [-0.2, 0) is 4.74 Å². The van der Waals surface area contributed by atoms with E-state index in [1.807, 2.05) is 29.2 Å². The summed E-state index contributed by atoms with van der Waals surface area (Å²) in [5.41, 5.74) is 1.90. The van der Waals surface area contributed by atoms with Gasteiger partial charge in [0.15, 0.2) is 5.82 Å². The summed E-state index contributed by atoms with van der Waals surface area (Å²) in [6.07, 6.45) is -1.11. The number of rotatable bonds is 6. The van der Waals surface area contributed by atoms with E-state index >= 15 is 0 Å². The van der Waals surface area contributed by atoms with Crippen LogP contribution in [0.1, 0.15) is 25.1 Å². The summed E-state index contributed by atoms with van der Waals surface area (Å²) in [5, 5.41) is 4.22. The van der Waals surface area contributed by atoms with Crippen molar-refractivity contribution < 1.29 is 13.5 Å². The Morgan fingerprint density at radius 2 is 1.45 bits per heavy atom. The van der Waals surface area contributed by atoms with Crippen LogP contribution in [0.2, 0.25) is 5.02 Å². The molecular weight excluding hydrogens is 514 g/mol. The molecule has 2 aromatic carbocycles. The van der Waals surface area contributed by atoms with Crippen LogP contribution in [0.25, 0.3) is 17.0 Å². The molecule has 0 aliphatic carbocycles. The van der Waals surface area contributed by atoms with Crippen molar-refractivity contribution in [3.8, 4) is 5.95 Å². The van der Waals surface area contributed by atoms with Gasteiger partial charge in [-0.05, 0) is 37.1 Å². The molecule has 2 aliphatic heterocycles. The number of hydrogen-bond acceptors (Lipinski definition) is 8. The minimum absolute atomic E-state index is 0.136. The van der Waals surface area contributed by atoms with Gasteiger partial charge in [0.2, 0.25) is 17.8 Å². The van der Waals surface area contributed by atoms with Crippen molar-refractivity contribution in [2.75, 3.05) is 54.5 Å². The zero-order chi connectivity index (χ0) is 26.1. The van der Waals surface area contributed by atoms with Crippen molar-refractivity contribution in [2.45, 2.75) is 25.3 Å². The van der Waals surface area contributed by atoms with Crippen molar-refractivity contribution in [1.82, 2.24) is 24.5 Å². The summed E-state index contributed by atoms with van der Waals surface area (Å²) in [6.45, 7) is 3.71. The molecule has 12 heteroatoms. The van der Waals surface area contributed by atoms with Crippen molar-refractivity contribution in [2.24, 2.45) is 0 Å². The smallest absolute Gasteiger partial charge is 0.296 e. The van der Waals surface area contributed by atoms with Crippen LogP contribution >= 0.6 is 11.6 Å². The lowest BCUT2D eigenvalue weighted by molar-refractivity contribution is 0.122. The molecule has 4 aromatic rings. The Kier molecular flexibility index (Phi) is 6.94. The molecule has 198 valence electrons. The molecule has 2 saturated heterocycles. The van der Waals surface area contributed by atoms with Gasteiger partial charge in [0, 0.05) is 32.2 Å². The maximum Gasteiger partial charge on any atom is 0.296 e. The highest BCUT2D eigenvalue weighted by atomic mass is 35.5. The normalized spacial score (nSPS) is 16.9. The third-order valence-corrected chi connectivity index (χ3v) is 7.22. The first-order valence-electron chi connectivity index (χ1n) is 12.7. The van der Waals surface area contributed by atoms with Crippen molar-refractivity contribution in [3.05, 3.63) is 59.4 Å². The van der Waals surface area contributed by atoms with Gasteiger partial charge >= 0.3 is 0 Å². The zero-order valence-corrected chi connectivity index (χ0v) is 21.4. The van der Waals surface area contributed by atoms with Crippen LogP contribution < -0.4 is 15.1 Å². The van der Waals surface area contributed by atoms with Gasteiger partial charge in [-0.2, -0.15) is 15.0 Å². The number of fused-ring (bicyclic) bond motifs is 1. The van der Waals surface area contributed by atoms with Gasteiger partial charge in [-0.3, -0.25) is 4.57 Å². The molecule has 2 aliphatic rings. The fourth-order valence-electron chi connectivity index (χ4n) is 4.91. The Bertz CT molecular complexity index is 1420. The first kappa shape index (κ1) is 24.7. The number of nitrogens with one attached hydrogen (secondary N) is 1. The number of aromatic nitrogens is 5. The molecule has 6 rings (SSSR count). The second-order valence-corrected chi connectivity index (χ2v) is 9.72. The maximum atomic E-state index is 14.1. The molecule has 4 heterocycles. The standard InChI is InChI=1S/C26H27ClF2N8O/c27-18-5-1-2-6-19(18)30-17-9-11-35(12-10-17)24-32-25(36-13-15-38-16-14-36)34-26(33-24)37-21-8-4-3-7-20(21)31-23(37)22(28)29/h1-8,17,22,30H,9-16H2. The number of para-hydroxylation sites is 3. The Balaban J connectivity index is 1.33. The van der Waals surface area contributed by atoms with Crippen molar-refractivity contribution in [3.63, 3.8) is 0 Å². The monoisotopic (exact) mass is 540 g/mol. The Morgan fingerprint density at radius 3 is 2.16 bits per heavy atom. The minimum Gasteiger partial charge on any atom is -0.381 e. The van der Waals surface area contributed by atoms with Crippen molar-refractivity contribution >= 4 is 40.2 Å². The highest BCUT2D eigenvalue weighted by molar-refractivity contribution is 6.33. The van der Waals surface area contributed by atoms with Crippen LogP contribution in [0.3, 0.4) is 0 Å². The van der Waals surface area contributed by atoms with Crippen LogP contribution in [0.5, 0.6) is 0 Å². The molecular formula is C26H27ClF2N8O. The van der Waals surface area contributed by atoms with Crippen LogP contribution in [-0.4, -0.2) is 69.9 Å². The van der Waals surface area contributed by atoms with E-state index in [0.29, 0.717) is 67.3 Å². The molecule has 38 heavy (non-hydrogen) atoms. The van der Waals surface area contributed by atoms with Crippen LogP contribution in [0.15, 0.2) is 48.5 Å². The molecule has 0 saturated carbocycles. The summed E-state index contributed by atoms with van der Waals surface area (Å²) in [6, 6.07) is 15.0. The number of alkyl halides is 2. The molecule has 2 fully saturated rings. The van der Waals surface area contributed by atoms with Crippen LogP contribution in [0.4, 0.5) is 26.4 Å². The summed E-state index contributed by atoms with van der Waals surface area (Å²) < 4.78 is 35.0. The molecule has 2 aromatic heterocycles. The van der Waals surface area contributed by atoms with Crippen LogP contribution in [0, 0.1) is 0 Å². The largest absolute Gasteiger partial charge is 0.381 e. The van der Waals surface area contributed by atoms with E-state index in [2.05, 4.69) is 20.2 Å². The van der Waals surface area contributed by atoms with E-state index in [9.17, 15) is 8.78 Å². The number of anilines is 3. The number of imidazole rings is 1. The number of hydrogen-bond donors (Lipinski definition) is 1. The Morgan fingerprint density at radius 1 is 0.816 bits per heavy atom. The summed E-state index contributed by atoms with van der Waals surface area (Å²) in [4.78, 5) is 22.4. The van der Waals surface area contributed by atoms with E-state index in [0.717, 1.165) is 18.5 Å². The average molecular weight is 541 g/mol. The highest BCUT2D eigenvalue weighted by Crippen LogP contribution is 2.29. The number of ether oxygens (including phenoxy) is 1. The van der Waals surface area contributed by atoms with E-state index in [-0.39, 0.29) is 17.8 Å². The number of benzene rings is 2. The highest BCUT2D eigenvalue weighted by Gasteiger charge is 2.27. The van der Waals surface area contributed by atoms with Crippen molar-refractivity contribution in [1.29, 1.82) is 0 Å². The molecule has 9 nitrogen and oxygen atoms in total. The lowest BCUT2D eigenvalue weighted by Crippen LogP contribution is -2.41. The van der Waals surface area contributed by atoms with E-state index < -0.39 is 6.43 Å². The first-order chi connectivity index (χ1) is 18.6. The lowest BCUT2D eigenvalue weighted by Gasteiger charge is -2.34. The molecule has 0 radical (unpaired) electrons. The topological polar surface area (TPSA) is 84.2 Å². The summed E-state index contributed by atoms with van der Waals surface area (Å²) >= 11 is 6.33. The van der Waals surface area contributed by atoms with Gasteiger partial charge in [0.25, 0.3) is 6.43 Å². The Labute approximate surface area is 223 Å². The lowest BCUT2D eigenvalue weighted by atomic mass is 10.0. The van der Waals surface area contributed by atoms with Gasteiger partial charge in [-0.15, -0.1) is 0 Å². The van der Waals surface area contributed by atoms with Gasteiger partial charge in [-0.1, -0.05) is 35.9 Å². The van der Waals surface area contributed by atoms with Gasteiger partial charge in [0.05, 0.1) is 35.0 Å². The molecule has 0 spiro atoms. The molecule has 0 unspecified atom stereocenters. The predicted molar refractivity (Wildman–Crippen MR) is 143 cm³/mol. The van der Waals surface area contributed by atoms with E-state index in [1.54, 1.807) is 24.3 Å². The minimum atomic E-state index is -2.79. The van der Waals surface area contributed by atoms with E-state index in [1.165, 1.54) is 4.57 Å². The second-order valence-electron chi connectivity index (χ2n) is 9.32. The number of nitrogens with zero attached hydrogens (tertiary/aromatic N) is 7. The second kappa shape index (κ2) is 10.7. The fraction of sp³-hybridized carbons (Fsp3) is 0.385. The molecule has 1 N–H and O–H groups in total. The van der Waals surface area contributed by atoms with Gasteiger partial charge in [0.1, 0.15) is 0 Å². The van der Waals surface area contributed by atoms with Gasteiger partial charge < -0.3 is 19.9 Å². The third-order valence-electron chi connectivity index (χ3n) is 6.89. The molecule has 0 amide bonds. The average Bonchev–Trinajstić information content (AvgIpc) is 3.35. The summed E-state index contributed by atoms with van der Waals surface area (Å²) in [7, 11) is 0. The zero-order valence-electron chi connectivity index (χ0n) is 20.6.